The summed E-state index contributed by atoms with van der Waals surface area (Å²) in [4.78, 5) is 16.7. The number of anilines is 1. The van der Waals surface area contributed by atoms with Gasteiger partial charge in [0.2, 0.25) is 5.91 Å². The zero-order chi connectivity index (χ0) is 21.8. The largest absolute Gasteiger partial charge is 0.325 e. The molecule has 0 saturated heterocycles. The average molecular weight is 470 g/mol. The second-order valence-electron chi connectivity index (χ2n) is 6.66. The second kappa shape index (κ2) is 9.51. The number of halogens is 2. The minimum Gasteiger partial charge on any atom is -0.325 e. The highest BCUT2D eigenvalue weighted by atomic mass is 35.5. The summed E-state index contributed by atoms with van der Waals surface area (Å²) in [6.45, 7) is 2.02. The molecule has 0 aliphatic carbocycles. The third-order valence-electron chi connectivity index (χ3n) is 4.39. The first-order valence-electron chi connectivity index (χ1n) is 9.32. The smallest absolute Gasteiger partial charge is 0.234 e. The van der Waals surface area contributed by atoms with Crippen LogP contribution in [0.2, 0.25) is 10.0 Å². The summed E-state index contributed by atoms with van der Waals surface area (Å²) in [5.41, 5.74) is 3.38. The van der Waals surface area contributed by atoms with Crippen LogP contribution >= 0.6 is 35.0 Å². The van der Waals surface area contributed by atoms with Crippen molar-refractivity contribution >= 4 is 46.6 Å². The Kier molecular flexibility index (Phi) is 6.56. The number of nitrogens with one attached hydrogen (secondary N) is 1. The Morgan fingerprint density at radius 1 is 1.06 bits per heavy atom. The maximum Gasteiger partial charge on any atom is 0.234 e. The summed E-state index contributed by atoms with van der Waals surface area (Å²) in [6, 6.07) is 16.6. The number of nitrogens with zero attached hydrogens (tertiary/aromatic N) is 4. The van der Waals surface area contributed by atoms with Crippen LogP contribution in [-0.2, 0) is 4.79 Å². The molecule has 0 aliphatic rings. The Bertz CT molecular complexity index is 1210. The summed E-state index contributed by atoms with van der Waals surface area (Å²) < 4.78 is 1.94. The van der Waals surface area contributed by atoms with Crippen molar-refractivity contribution in [3.63, 3.8) is 0 Å². The Labute approximate surface area is 193 Å². The zero-order valence-electron chi connectivity index (χ0n) is 16.4. The van der Waals surface area contributed by atoms with E-state index >= 15 is 0 Å². The molecule has 31 heavy (non-hydrogen) atoms. The van der Waals surface area contributed by atoms with Crippen LogP contribution in [0.25, 0.3) is 17.1 Å². The molecule has 4 rings (SSSR count). The molecule has 0 aliphatic heterocycles. The topological polar surface area (TPSA) is 72.7 Å². The first kappa shape index (κ1) is 21.4. The molecule has 2 aromatic heterocycles. The van der Waals surface area contributed by atoms with E-state index in [1.165, 1.54) is 11.8 Å². The van der Waals surface area contributed by atoms with Crippen molar-refractivity contribution in [1.29, 1.82) is 0 Å². The number of pyridine rings is 1. The SMILES string of the molecule is Cc1ccccc1-n1c(SCC(=O)Nc2cc(Cl)cc(Cl)c2)nnc1-c1cccnc1. The van der Waals surface area contributed by atoms with Gasteiger partial charge in [-0.2, -0.15) is 0 Å². The van der Waals surface area contributed by atoms with Gasteiger partial charge in [0.1, 0.15) is 0 Å². The van der Waals surface area contributed by atoms with Crippen LogP contribution in [0.5, 0.6) is 0 Å². The molecule has 0 bridgehead atoms. The van der Waals surface area contributed by atoms with Crippen molar-refractivity contribution in [3.8, 4) is 17.1 Å². The molecule has 9 heteroatoms. The van der Waals surface area contributed by atoms with E-state index in [2.05, 4.69) is 20.5 Å². The van der Waals surface area contributed by atoms with Gasteiger partial charge in [-0.05, 0) is 48.9 Å². The number of carbonyl (C=O) groups excluding carboxylic acids is 1. The molecule has 4 aromatic rings. The highest BCUT2D eigenvalue weighted by Crippen LogP contribution is 2.29. The molecule has 0 saturated carbocycles. The average Bonchev–Trinajstić information content (AvgIpc) is 3.16. The number of thioether (sulfide) groups is 1. The van der Waals surface area contributed by atoms with Crippen LogP contribution < -0.4 is 5.32 Å². The van der Waals surface area contributed by atoms with E-state index in [0.29, 0.717) is 26.7 Å². The molecular formula is C22H17Cl2N5OS. The third kappa shape index (κ3) is 5.07. The monoisotopic (exact) mass is 469 g/mol. The van der Waals surface area contributed by atoms with E-state index in [1.54, 1.807) is 30.6 Å². The number of rotatable bonds is 6. The Morgan fingerprint density at radius 3 is 2.55 bits per heavy atom. The van der Waals surface area contributed by atoms with Crippen LogP contribution in [-0.4, -0.2) is 31.4 Å². The first-order valence-corrected chi connectivity index (χ1v) is 11.1. The number of benzene rings is 2. The Morgan fingerprint density at radius 2 is 1.84 bits per heavy atom. The summed E-state index contributed by atoms with van der Waals surface area (Å²) in [7, 11) is 0. The second-order valence-corrected chi connectivity index (χ2v) is 8.48. The normalized spacial score (nSPS) is 10.8. The van der Waals surface area contributed by atoms with Crippen molar-refractivity contribution in [2.75, 3.05) is 11.1 Å². The molecule has 0 unspecified atom stereocenters. The fourth-order valence-corrected chi connectivity index (χ4v) is 4.30. The molecule has 1 amide bonds. The number of amides is 1. The van der Waals surface area contributed by atoms with Crippen LogP contribution in [0.1, 0.15) is 5.56 Å². The van der Waals surface area contributed by atoms with E-state index in [-0.39, 0.29) is 11.7 Å². The van der Waals surface area contributed by atoms with Crippen LogP contribution in [0.4, 0.5) is 5.69 Å². The lowest BCUT2D eigenvalue weighted by atomic mass is 10.2. The molecule has 0 atom stereocenters. The van der Waals surface area contributed by atoms with E-state index in [4.69, 9.17) is 23.2 Å². The number of para-hydroxylation sites is 1. The minimum atomic E-state index is -0.203. The van der Waals surface area contributed by atoms with Crippen molar-refractivity contribution in [3.05, 3.63) is 82.6 Å². The molecule has 0 fully saturated rings. The van der Waals surface area contributed by atoms with Gasteiger partial charge in [0.05, 0.1) is 11.4 Å². The zero-order valence-corrected chi connectivity index (χ0v) is 18.7. The lowest BCUT2D eigenvalue weighted by molar-refractivity contribution is -0.113. The van der Waals surface area contributed by atoms with Crippen molar-refractivity contribution < 1.29 is 4.79 Å². The van der Waals surface area contributed by atoms with Gasteiger partial charge in [0.25, 0.3) is 0 Å². The summed E-state index contributed by atoms with van der Waals surface area (Å²) in [6.07, 6.45) is 3.45. The van der Waals surface area contributed by atoms with Gasteiger partial charge < -0.3 is 5.32 Å². The quantitative estimate of drug-likeness (QED) is 0.368. The van der Waals surface area contributed by atoms with Crippen LogP contribution in [0.15, 0.2) is 72.1 Å². The van der Waals surface area contributed by atoms with Gasteiger partial charge in [-0.15, -0.1) is 10.2 Å². The molecule has 1 N–H and O–H groups in total. The van der Waals surface area contributed by atoms with Crippen LogP contribution in [0.3, 0.4) is 0 Å². The lowest BCUT2D eigenvalue weighted by Gasteiger charge is -2.13. The highest BCUT2D eigenvalue weighted by molar-refractivity contribution is 7.99. The van der Waals surface area contributed by atoms with Gasteiger partial charge in [-0.1, -0.05) is 53.2 Å². The van der Waals surface area contributed by atoms with Crippen molar-refractivity contribution in [2.45, 2.75) is 12.1 Å². The number of hydrogen-bond donors (Lipinski definition) is 1. The summed E-state index contributed by atoms with van der Waals surface area (Å²) in [5, 5.41) is 13.0. The maximum absolute atomic E-state index is 12.5. The standard InChI is InChI=1S/C22H17Cl2N5OS/c1-14-5-2-3-7-19(14)29-21(15-6-4-8-25-12-15)27-28-22(29)31-13-20(30)26-18-10-16(23)9-17(24)11-18/h2-12H,13H2,1H3,(H,26,30). The van der Waals surface area contributed by atoms with Gasteiger partial charge in [-0.3, -0.25) is 14.3 Å². The lowest BCUT2D eigenvalue weighted by Crippen LogP contribution is -2.14. The van der Waals surface area contributed by atoms with E-state index in [1.807, 2.05) is 47.9 Å². The predicted molar refractivity (Wildman–Crippen MR) is 125 cm³/mol. The number of carbonyl (C=O) groups is 1. The van der Waals surface area contributed by atoms with Gasteiger partial charge in [0.15, 0.2) is 11.0 Å². The minimum absolute atomic E-state index is 0.140. The highest BCUT2D eigenvalue weighted by Gasteiger charge is 2.18. The van der Waals surface area contributed by atoms with E-state index < -0.39 is 0 Å². The molecule has 0 radical (unpaired) electrons. The van der Waals surface area contributed by atoms with Gasteiger partial charge in [-0.25, -0.2) is 0 Å². The molecule has 2 heterocycles. The number of aromatic nitrogens is 4. The Hall–Kier alpha value is -2.87. The maximum atomic E-state index is 12.5. The fourth-order valence-electron chi connectivity index (χ4n) is 3.03. The number of hydrogen-bond acceptors (Lipinski definition) is 5. The summed E-state index contributed by atoms with van der Waals surface area (Å²) in [5.74, 6) is 0.596. The molecule has 2 aromatic carbocycles. The molecule has 0 spiro atoms. The van der Waals surface area contributed by atoms with E-state index in [9.17, 15) is 4.79 Å². The molecule has 6 nitrogen and oxygen atoms in total. The van der Waals surface area contributed by atoms with Crippen molar-refractivity contribution in [2.24, 2.45) is 0 Å². The molecule has 156 valence electrons. The fraction of sp³-hybridized carbons (Fsp3) is 0.0909. The molecular weight excluding hydrogens is 453 g/mol. The van der Waals surface area contributed by atoms with Crippen LogP contribution in [0, 0.1) is 6.92 Å². The first-order chi connectivity index (χ1) is 15.0. The Balaban J connectivity index is 1.60. The van der Waals surface area contributed by atoms with E-state index in [0.717, 1.165) is 16.8 Å². The predicted octanol–water partition coefficient (Wildman–Crippen LogP) is 5.68. The summed E-state index contributed by atoms with van der Waals surface area (Å²) >= 11 is 13.3. The number of aryl methyl sites for hydroxylation is 1. The third-order valence-corrected chi connectivity index (χ3v) is 5.75. The van der Waals surface area contributed by atoms with Crippen molar-refractivity contribution in [1.82, 2.24) is 19.7 Å². The van der Waals surface area contributed by atoms with Gasteiger partial charge >= 0.3 is 0 Å². The van der Waals surface area contributed by atoms with Gasteiger partial charge in [0, 0.05) is 33.7 Å².